The molecule has 0 amide bonds. The van der Waals surface area contributed by atoms with Crippen LogP contribution in [0.2, 0.25) is 0 Å². The van der Waals surface area contributed by atoms with Gasteiger partial charge >= 0.3 is 0 Å². The Labute approximate surface area is 76.2 Å². The molecule has 1 aliphatic carbocycles. The molecule has 0 saturated heterocycles. The minimum Gasteiger partial charge on any atom is -0.393 e. The molecule has 0 aromatic heterocycles. The first kappa shape index (κ1) is 10.0. The van der Waals surface area contributed by atoms with Gasteiger partial charge in [0, 0.05) is 0 Å². The Hall–Kier alpha value is -0.0400. The monoisotopic (exact) mass is 170 g/mol. The number of aliphatic hydroxyl groups is 1. The van der Waals surface area contributed by atoms with Crippen LogP contribution in [0.15, 0.2) is 0 Å². The standard InChI is InChI=1S/C11H22O/c1-3-4-7-10-9(2)6-5-8-11(10)12/h9-12H,3-8H2,1-2H3. The predicted molar refractivity (Wildman–Crippen MR) is 52.0 cm³/mol. The summed E-state index contributed by atoms with van der Waals surface area (Å²) < 4.78 is 0. The molecular formula is C11H22O. The molecule has 0 radical (unpaired) electrons. The highest BCUT2D eigenvalue weighted by atomic mass is 16.3. The van der Waals surface area contributed by atoms with E-state index in [2.05, 4.69) is 13.8 Å². The molecule has 3 atom stereocenters. The minimum absolute atomic E-state index is 0.000278. The number of rotatable bonds is 3. The summed E-state index contributed by atoms with van der Waals surface area (Å²) in [6, 6.07) is 0. The Morgan fingerprint density at radius 1 is 1.33 bits per heavy atom. The summed E-state index contributed by atoms with van der Waals surface area (Å²) in [7, 11) is 0. The third-order valence-corrected chi connectivity index (χ3v) is 3.28. The van der Waals surface area contributed by atoms with E-state index in [1.807, 2.05) is 0 Å². The number of hydrogen-bond acceptors (Lipinski definition) is 1. The van der Waals surface area contributed by atoms with Gasteiger partial charge in [-0.2, -0.15) is 0 Å². The summed E-state index contributed by atoms with van der Waals surface area (Å²) >= 11 is 0. The summed E-state index contributed by atoms with van der Waals surface area (Å²) in [6.45, 7) is 4.52. The molecule has 0 aromatic rings. The zero-order valence-electron chi connectivity index (χ0n) is 8.42. The van der Waals surface area contributed by atoms with E-state index in [0.717, 1.165) is 12.3 Å². The summed E-state index contributed by atoms with van der Waals surface area (Å²) in [6.07, 6.45) is 7.37. The van der Waals surface area contributed by atoms with Gasteiger partial charge in [-0.15, -0.1) is 0 Å². The third kappa shape index (κ3) is 2.48. The fourth-order valence-corrected chi connectivity index (χ4v) is 2.37. The van der Waals surface area contributed by atoms with Crippen LogP contribution in [-0.4, -0.2) is 11.2 Å². The van der Waals surface area contributed by atoms with Crippen LogP contribution in [-0.2, 0) is 0 Å². The second-order valence-corrected chi connectivity index (χ2v) is 4.28. The fourth-order valence-electron chi connectivity index (χ4n) is 2.37. The van der Waals surface area contributed by atoms with E-state index in [9.17, 15) is 5.11 Å². The van der Waals surface area contributed by atoms with Crippen molar-refractivity contribution in [2.75, 3.05) is 0 Å². The van der Waals surface area contributed by atoms with E-state index in [1.165, 1.54) is 32.1 Å². The quantitative estimate of drug-likeness (QED) is 0.690. The van der Waals surface area contributed by atoms with Crippen molar-refractivity contribution in [1.82, 2.24) is 0 Å². The summed E-state index contributed by atoms with van der Waals surface area (Å²) in [5.41, 5.74) is 0. The highest BCUT2D eigenvalue weighted by molar-refractivity contribution is 4.79. The largest absolute Gasteiger partial charge is 0.393 e. The van der Waals surface area contributed by atoms with Crippen molar-refractivity contribution in [3.05, 3.63) is 0 Å². The maximum Gasteiger partial charge on any atom is 0.0570 e. The molecule has 0 heterocycles. The first-order chi connectivity index (χ1) is 5.75. The van der Waals surface area contributed by atoms with Crippen LogP contribution in [0.3, 0.4) is 0 Å². The highest BCUT2D eigenvalue weighted by Gasteiger charge is 2.28. The third-order valence-electron chi connectivity index (χ3n) is 3.28. The molecular weight excluding hydrogens is 148 g/mol. The summed E-state index contributed by atoms with van der Waals surface area (Å²) in [5, 5.41) is 9.77. The SMILES string of the molecule is CCCCC1C(C)CCCC1O. The average molecular weight is 170 g/mol. The van der Waals surface area contributed by atoms with Crippen molar-refractivity contribution in [1.29, 1.82) is 0 Å². The zero-order chi connectivity index (χ0) is 8.97. The average Bonchev–Trinajstić information content (AvgIpc) is 2.04. The first-order valence-electron chi connectivity index (χ1n) is 5.43. The molecule has 1 fully saturated rings. The molecule has 0 bridgehead atoms. The Kier molecular flexibility index (Phi) is 4.07. The molecule has 3 unspecified atom stereocenters. The Morgan fingerprint density at radius 3 is 2.67 bits per heavy atom. The second kappa shape index (κ2) is 4.86. The predicted octanol–water partition coefficient (Wildman–Crippen LogP) is 2.97. The Balaban J connectivity index is 2.34. The smallest absolute Gasteiger partial charge is 0.0570 e. The molecule has 1 rings (SSSR count). The lowest BCUT2D eigenvalue weighted by atomic mass is 9.76. The van der Waals surface area contributed by atoms with Gasteiger partial charge in [0.25, 0.3) is 0 Å². The maximum absolute atomic E-state index is 9.77. The van der Waals surface area contributed by atoms with Gasteiger partial charge in [-0.1, -0.05) is 39.5 Å². The van der Waals surface area contributed by atoms with Crippen molar-refractivity contribution < 1.29 is 5.11 Å². The van der Waals surface area contributed by atoms with Crippen LogP contribution in [0, 0.1) is 11.8 Å². The van der Waals surface area contributed by atoms with Crippen LogP contribution in [0.5, 0.6) is 0 Å². The topological polar surface area (TPSA) is 20.2 Å². The van der Waals surface area contributed by atoms with E-state index < -0.39 is 0 Å². The van der Waals surface area contributed by atoms with Crippen LogP contribution >= 0.6 is 0 Å². The molecule has 0 aliphatic heterocycles. The summed E-state index contributed by atoms with van der Waals surface area (Å²) in [5.74, 6) is 1.35. The van der Waals surface area contributed by atoms with Crippen molar-refractivity contribution >= 4 is 0 Å². The van der Waals surface area contributed by atoms with Gasteiger partial charge in [0.1, 0.15) is 0 Å². The molecule has 1 N–H and O–H groups in total. The molecule has 12 heavy (non-hydrogen) atoms. The lowest BCUT2D eigenvalue weighted by Crippen LogP contribution is -2.30. The molecule has 1 nitrogen and oxygen atoms in total. The zero-order valence-corrected chi connectivity index (χ0v) is 8.42. The normalized spacial score (nSPS) is 36.8. The highest BCUT2D eigenvalue weighted by Crippen LogP contribution is 2.33. The van der Waals surface area contributed by atoms with Gasteiger partial charge in [0.2, 0.25) is 0 Å². The molecule has 1 saturated carbocycles. The van der Waals surface area contributed by atoms with Crippen molar-refractivity contribution in [2.24, 2.45) is 11.8 Å². The van der Waals surface area contributed by atoms with E-state index in [4.69, 9.17) is 0 Å². The first-order valence-corrected chi connectivity index (χ1v) is 5.43. The second-order valence-electron chi connectivity index (χ2n) is 4.28. The number of unbranched alkanes of at least 4 members (excludes halogenated alkanes) is 1. The molecule has 0 aromatic carbocycles. The summed E-state index contributed by atoms with van der Waals surface area (Å²) in [4.78, 5) is 0. The fraction of sp³-hybridized carbons (Fsp3) is 1.00. The molecule has 1 heteroatoms. The van der Waals surface area contributed by atoms with E-state index >= 15 is 0 Å². The van der Waals surface area contributed by atoms with Gasteiger partial charge in [0.05, 0.1) is 6.10 Å². The minimum atomic E-state index is 0.000278. The van der Waals surface area contributed by atoms with Crippen molar-refractivity contribution in [3.63, 3.8) is 0 Å². The van der Waals surface area contributed by atoms with Gasteiger partial charge < -0.3 is 5.11 Å². The van der Waals surface area contributed by atoms with Crippen molar-refractivity contribution in [2.45, 2.75) is 58.5 Å². The van der Waals surface area contributed by atoms with Gasteiger partial charge in [-0.3, -0.25) is 0 Å². The lowest BCUT2D eigenvalue weighted by Gasteiger charge is -2.33. The van der Waals surface area contributed by atoms with Crippen LogP contribution in [0.25, 0.3) is 0 Å². The maximum atomic E-state index is 9.77. The van der Waals surface area contributed by atoms with E-state index in [0.29, 0.717) is 5.92 Å². The number of hydrogen-bond donors (Lipinski definition) is 1. The van der Waals surface area contributed by atoms with Gasteiger partial charge in [-0.05, 0) is 24.7 Å². The van der Waals surface area contributed by atoms with Crippen LogP contribution < -0.4 is 0 Å². The molecule has 72 valence electrons. The van der Waals surface area contributed by atoms with E-state index in [1.54, 1.807) is 0 Å². The van der Waals surface area contributed by atoms with Gasteiger partial charge in [-0.25, -0.2) is 0 Å². The Morgan fingerprint density at radius 2 is 2.08 bits per heavy atom. The van der Waals surface area contributed by atoms with E-state index in [-0.39, 0.29) is 6.10 Å². The molecule has 1 aliphatic rings. The molecule has 0 spiro atoms. The van der Waals surface area contributed by atoms with Crippen LogP contribution in [0.4, 0.5) is 0 Å². The van der Waals surface area contributed by atoms with Crippen LogP contribution in [0.1, 0.15) is 52.4 Å². The number of aliphatic hydroxyl groups excluding tert-OH is 1. The van der Waals surface area contributed by atoms with Crippen molar-refractivity contribution in [3.8, 4) is 0 Å². The lowest BCUT2D eigenvalue weighted by molar-refractivity contribution is 0.0326. The Bertz CT molecular complexity index is 112. The van der Waals surface area contributed by atoms with Gasteiger partial charge in [0.15, 0.2) is 0 Å².